The zero-order valence-corrected chi connectivity index (χ0v) is 18.7. The fourth-order valence-electron chi connectivity index (χ4n) is 3.57. The lowest BCUT2D eigenvalue weighted by molar-refractivity contribution is 0.103. The number of benzene rings is 1. The molecule has 3 aromatic rings. The third-order valence-electron chi connectivity index (χ3n) is 5.06. The molecule has 0 fully saturated rings. The zero-order chi connectivity index (χ0) is 21.1. The lowest BCUT2D eigenvalue weighted by Gasteiger charge is -2.21. The molecule has 0 saturated heterocycles. The van der Waals surface area contributed by atoms with Crippen LogP contribution >= 0.6 is 23.1 Å². The van der Waals surface area contributed by atoms with Crippen molar-refractivity contribution in [2.45, 2.75) is 18.1 Å². The molecule has 30 heavy (non-hydrogen) atoms. The first-order chi connectivity index (χ1) is 14.6. The number of ether oxygens (including phenoxy) is 2. The van der Waals surface area contributed by atoms with E-state index in [-0.39, 0.29) is 12.2 Å². The monoisotopic (exact) mass is 447 g/mol. The lowest BCUT2D eigenvalue weighted by atomic mass is 10.1. The van der Waals surface area contributed by atoms with E-state index in [1.165, 1.54) is 16.6 Å². The fraction of sp³-hybridized carbons (Fsp3) is 0.429. The predicted octanol–water partition coefficient (Wildman–Crippen LogP) is 2.54. The maximum atomic E-state index is 13.7. The largest absolute Gasteiger partial charge is 0.497 e. The summed E-state index contributed by atoms with van der Waals surface area (Å²) >= 11 is 3.11. The Morgan fingerprint density at radius 3 is 2.80 bits per heavy atom. The summed E-state index contributed by atoms with van der Waals surface area (Å²) in [6.07, 6.45) is 0.868. The van der Waals surface area contributed by atoms with Crippen LogP contribution in [-0.2, 0) is 17.7 Å². The molecule has 0 spiro atoms. The second-order valence-corrected chi connectivity index (χ2v) is 9.23. The highest BCUT2D eigenvalue weighted by molar-refractivity contribution is 7.99. The Morgan fingerprint density at radius 2 is 2.07 bits per heavy atom. The van der Waals surface area contributed by atoms with E-state index in [2.05, 4.69) is 11.9 Å². The van der Waals surface area contributed by atoms with E-state index in [9.17, 15) is 4.79 Å². The van der Waals surface area contributed by atoms with Gasteiger partial charge >= 0.3 is 0 Å². The Hall–Kier alpha value is -1.91. The smallest absolute Gasteiger partial charge is 0.267 e. The van der Waals surface area contributed by atoms with E-state index in [4.69, 9.17) is 19.6 Å². The summed E-state index contributed by atoms with van der Waals surface area (Å²) in [7, 11) is 3.72. The Kier molecular flexibility index (Phi) is 6.74. The maximum absolute atomic E-state index is 13.7. The SMILES string of the molecule is COc1ccc(-n2c(SCCOCCO)nc3sc4c(c3c2=O)CCN(C)C4)cc1. The summed E-state index contributed by atoms with van der Waals surface area (Å²) in [5.74, 6) is 1.38. The van der Waals surface area contributed by atoms with Gasteiger partial charge in [-0.3, -0.25) is 9.36 Å². The van der Waals surface area contributed by atoms with Crippen molar-refractivity contribution < 1.29 is 14.6 Å². The van der Waals surface area contributed by atoms with Crippen LogP contribution in [0.4, 0.5) is 0 Å². The second kappa shape index (κ2) is 9.49. The summed E-state index contributed by atoms with van der Waals surface area (Å²) in [4.78, 5) is 22.9. The molecule has 0 unspecified atom stereocenters. The molecule has 0 atom stereocenters. The summed E-state index contributed by atoms with van der Waals surface area (Å²) in [6, 6.07) is 7.46. The number of aromatic nitrogens is 2. The van der Waals surface area contributed by atoms with Gasteiger partial charge in [0.25, 0.3) is 5.56 Å². The number of methoxy groups -OCH3 is 1. The quantitative estimate of drug-likeness (QED) is 0.323. The molecular formula is C21H25N3O4S2. The van der Waals surface area contributed by atoms with Crippen molar-refractivity contribution in [3.63, 3.8) is 0 Å². The molecule has 0 aliphatic carbocycles. The average Bonchev–Trinajstić information content (AvgIpc) is 3.11. The summed E-state index contributed by atoms with van der Waals surface area (Å²) in [5, 5.41) is 10.3. The minimum Gasteiger partial charge on any atom is -0.497 e. The van der Waals surface area contributed by atoms with Crippen molar-refractivity contribution in [3.8, 4) is 11.4 Å². The van der Waals surface area contributed by atoms with Crippen LogP contribution in [-0.4, -0.2) is 65.8 Å². The number of hydrogen-bond donors (Lipinski definition) is 1. The molecule has 0 amide bonds. The highest BCUT2D eigenvalue weighted by Crippen LogP contribution is 2.34. The molecule has 4 rings (SSSR count). The van der Waals surface area contributed by atoms with Gasteiger partial charge in [-0.15, -0.1) is 11.3 Å². The van der Waals surface area contributed by atoms with Crippen molar-refractivity contribution >= 4 is 33.3 Å². The van der Waals surface area contributed by atoms with E-state index in [1.807, 2.05) is 24.3 Å². The van der Waals surface area contributed by atoms with Crippen LogP contribution in [0.2, 0.25) is 0 Å². The topological polar surface area (TPSA) is 76.8 Å². The Balaban J connectivity index is 1.79. The molecule has 7 nitrogen and oxygen atoms in total. The first-order valence-corrected chi connectivity index (χ1v) is 11.6. The number of fused-ring (bicyclic) bond motifs is 3. The number of rotatable bonds is 8. The first kappa shape index (κ1) is 21.3. The summed E-state index contributed by atoms with van der Waals surface area (Å²) in [5.41, 5.74) is 1.89. The number of thioether (sulfide) groups is 1. The van der Waals surface area contributed by atoms with Crippen molar-refractivity contribution in [2.24, 2.45) is 0 Å². The van der Waals surface area contributed by atoms with Crippen LogP contribution in [0.1, 0.15) is 10.4 Å². The highest BCUT2D eigenvalue weighted by atomic mass is 32.2. The molecule has 1 N–H and O–H groups in total. The number of likely N-dealkylation sites (N-methyl/N-ethyl adjacent to an activating group) is 1. The molecule has 160 valence electrons. The van der Waals surface area contributed by atoms with Crippen molar-refractivity contribution in [1.29, 1.82) is 0 Å². The van der Waals surface area contributed by atoms with Gasteiger partial charge in [0.1, 0.15) is 10.6 Å². The molecule has 2 aromatic heterocycles. The van der Waals surface area contributed by atoms with Gasteiger partial charge < -0.3 is 19.5 Å². The van der Waals surface area contributed by atoms with E-state index in [1.54, 1.807) is 23.0 Å². The Morgan fingerprint density at radius 1 is 1.27 bits per heavy atom. The third kappa shape index (κ3) is 4.26. The normalized spacial score (nSPS) is 14.2. The predicted molar refractivity (Wildman–Crippen MR) is 120 cm³/mol. The average molecular weight is 448 g/mol. The molecule has 9 heteroatoms. The van der Waals surface area contributed by atoms with Crippen molar-refractivity contribution in [3.05, 3.63) is 45.1 Å². The molecule has 0 bridgehead atoms. The van der Waals surface area contributed by atoms with Crippen LogP contribution < -0.4 is 10.3 Å². The lowest BCUT2D eigenvalue weighted by Crippen LogP contribution is -2.27. The van der Waals surface area contributed by atoms with Crippen LogP contribution in [0.15, 0.2) is 34.2 Å². The fourth-order valence-corrected chi connectivity index (χ4v) is 5.77. The second-order valence-electron chi connectivity index (χ2n) is 7.09. The molecule has 0 radical (unpaired) electrons. The van der Waals surface area contributed by atoms with Crippen molar-refractivity contribution in [2.75, 3.05) is 46.3 Å². The molecule has 3 heterocycles. The highest BCUT2D eigenvalue weighted by Gasteiger charge is 2.24. The van der Waals surface area contributed by atoms with Gasteiger partial charge in [-0.25, -0.2) is 4.98 Å². The van der Waals surface area contributed by atoms with E-state index < -0.39 is 0 Å². The maximum Gasteiger partial charge on any atom is 0.267 e. The van der Waals surface area contributed by atoms with E-state index in [0.717, 1.165) is 46.7 Å². The van der Waals surface area contributed by atoms with E-state index in [0.29, 0.717) is 24.1 Å². The number of aliphatic hydroxyl groups is 1. The number of nitrogens with zero attached hydrogens (tertiary/aromatic N) is 3. The van der Waals surface area contributed by atoms with E-state index >= 15 is 0 Å². The summed E-state index contributed by atoms with van der Waals surface area (Å²) in [6.45, 7) is 2.59. The molecule has 1 aromatic carbocycles. The van der Waals surface area contributed by atoms with Gasteiger partial charge in [0.2, 0.25) is 0 Å². The van der Waals surface area contributed by atoms with Crippen molar-refractivity contribution in [1.82, 2.24) is 14.5 Å². The minimum absolute atomic E-state index is 0.000623. The molecular weight excluding hydrogens is 422 g/mol. The standard InChI is InChI=1S/C21H25N3O4S2/c1-23-8-7-16-17(13-23)30-19-18(16)20(26)24(14-3-5-15(27-2)6-4-14)21(22-19)29-12-11-28-10-9-25/h3-6,25H,7-13H2,1-2H3. The van der Waals surface area contributed by atoms with Crippen LogP contribution in [0.3, 0.4) is 0 Å². The van der Waals surface area contributed by atoms with Crippen LogP contribution in [0.5, 0.6) is 5.75 Å². The molecule has 1 aliphatic heterocycles. The summed E-state index contributed by atoms with van der Waals surface area (Å²) < 4.78 is 12.3. The third-order valence-corrected chi connectivity index (χ3v) is 7.07. The van der Waals surface area contributed by atoms with Crippen LogP contribution in [0, 0.1) is 0 Å². The van der Waals surface area contributed by atoms with Gasteiger partial charge in [0, 0.05) is 23.7 Å². The minimum atomic E-state index is -0.0222. The molecule has 0 saturated carbocycles. The Labute approximate surface area is 183 Å². The molecule has 1 aliphatic rings. The van der Waals surface area contributed by atoms with Gasteiger partial charge in [-0.1, -0.05) is 11.8 Å². The first-order valence-electron chi connectivity index (χ1n) is 9.84. The van der Waals surface area contributed by atoms with Gasteiger partial charge in [0.15, 0.2) is 5.16 Å². The van der Waals surface area contributed by atoms with Gasteiger partial charge in [-0.2, -0.15) is 0 Å². The number of aliphatic hydroxyl groups excluding tert-OH is 1. The van der Waals surface area contributed by atoms with Gasteiger partial charge in [-0.05, 0) is 43.3 Å². The zero-order valence-electron chi connectivity index (χ0n) is 17.1. The van der Waals surface area contributed by atoms with Crippen LogP contribution in [0.25, 0.3) is 15.9 Å². The Bertz CT molecular complexity index is 1080. The number of hydrogen-bond acceptors (Lipinski definition) is 8. The van der Waals surface area contributed by atoms with Gasteiger partial charge in [0.05, 0.1) is 38.0 Å². The number of thiophene rings is 1.